The monoisotopic (exact) mass is 398 g/mol. The van der Waals surface area contributed by atoms with Crippen LogP contribution in [0.5, 0.6) is 0 Å². The van der Waals surface area contributed by atoms with E-state index in [0.717, 1.165) is 41.3 Å². The molecule has 0 spiro atoms. The average Bonchev–Trinajstić information content (AvgIpc) is 3.37. The Morgan fingerprint density at radius 3 is 2.74 bits per heavy atom. The first-order valence-corrected chi connectivity index (χ1v) is 10.1. The number of halogens is 1. The molecule has 1 aliphatic heterocycles. The van der Waals surface area contributed by atoms with Gasteiger partial charge in [0.2, 0.25) is 0 Å². The zero-order chi connectivity index (χ0) is 18.6. The van der Waals surface area contributed by atoms with E-state index in [9.17, 15) is 4.79 Å². The first-order valence-electron chi connectivity index (χ1n) is 8.89. The van der Waals surface area contributed by atoms with Gasteiger partial charge in [0.15, 0.2) is 5.13 Å². The molecular formula is C21H19ClN2O2S. The quantitative estimate of drug-likeness (QED) is 0.555. The predicted octanol–water partition coefficient (Wildman–Crippen LogP) is 5.18. The van der Waals surface area contributed by atoms with Crippen LogP contribution in [0, 0.1) is 0 Å². The van der Waals surface area contributed by atoms with Crippen molar-refractivity contribution in [2.45, 2.75) is 25.5 Å². The van der Waals surface area contributed by atoms with Gasteiger partial charge in [0, 0.05) is 22.5 Å². The van der Waals surface area contributed by atoms with E-state index in [4.69, 9.17) is 21.3 Å². The summed E-state index contributed by atoms with van der Waals surface area (Å²) in [5.74, 6) is -0.181. The molecule has 1 fully saturated rings. The van der Waals surface area contributed by atoms with Crippen LogP contribution < -0.4 is 4.90 Å². The summed E-state index contributed by atoms with van der Waals surface area (Å²) in [6, 6.07) is 17.1. The van der Waals surface area contributed by atoms with Crippen LogP contribution in [0.3, 0.4) is 0 Å². The number of carbonyl (C=O) groups is 1. The van der Waals surface area contributed by atoms with Gasteiger partial charge in [-0.15, -0.1) is 11.3 Å². The number of esters is 1. The Bertz CT molecular complexity index is 911. The molecular weight excluding hydrogens is 380 g/mol. The van der Waals surface area contributed by atoms with Gasteiger partial charge in [-0.3, -0.25) is 0 Å². The topological polar surface area (TPSA) is 42.4 Å². The second-order valence-corrected chi connectivity index (χ2v) is 7.74. The number of thiazole rings is 1. The molecule has 3 aromatic rings. The van der Waals surface area contributed by atoms with Crippen molar-refractivity contribution in [3.05, 3.63) is 70.6 Å². The Balaban J connectivity index is 1.45. The Morgan fingerprint density at radius 2 is 1.96 bits per heavy atom. The fourth-order valence-corrected chi connectivity index (χ4v) is 4.25. The highest BCUT2D eigenvalue weighted by Crippen LogP contribution is 2.33. The molecule has 6 heteroatoms. The number of nitrogens with zero attached hydrogens (tertiary/aromatic N) is 2. The van der Waals surface area contributed by atoms with Crippen molar-refractivity contribution in [1.82, 2.24) is 4.98 Å². The highest BCUT2D eigenvalue weighted by atomic mass is 35.5. The number of ether oxygens (including phenoxy) is 1. The van der Waals surface area contributed by atoms with Crippen LogP contribution >= 0.6 is 22.9 Å². The molecule has 2 heterocycles. The Kier molecular flexibility index (Phi) is 5.41. The van der Waals surface area contributed by atoms with E-state index in [-0.39, 0.29) is 12.0 Å². The summed E-state index contributed by atoms with van der Waals surface area (Å²) >= 11 is 7.51. The smallest absolute Gasteiger partial charge is 0.329 e. The Morgan fingerprint density at radius 1 is 1.19 bits per heavy atom. The highest BCUT2D eigenvalue weighted by Gasteiger charge is 2.33. The largest absolute Gasteiger partial charge is 0.459 e. The maximum Gasteiger partial charge on any atom is 0.329 e. The van der Waals surface area contributed by atoms with Crippen LogP contribution in [0.2, 0.25) is 5.02 Å². The van der Waals surface area contributed by atoms with E-state index >= 15 is 0 Å². The molecule has 27 heavy (non-hydrogen) atoms. The molecule has 1 aliphatic rings. The van der Waals surface area contributed by atoms with Crippen molar-refractivity contribution in [3.63, 3.8) is 0 Å². The lowest BCUT2D eigenvalue weighted by Crippen LogP contribution is -2.37. The van der Waals surface area contributed by atoms with Crippen molar-refractivity contribution >= 4 is 34.0 Å². The summed E-state index contributed by atoms with van der Waals surface area (Å²) in [5, 5.41) is 3.58. The molecule has 0 N–H and O–H groups in total. The van der Waals surface area contributed by atoms with Crippen LogP contribution in [0.4, 0.5) is 5.13 Å². The lowest BCUT2D eigenvalue weighted by Gasteiger charge is -2.22. The molecule has 0 unspecified atom stereocenters. The lowest BCUT2D eigenvalue weighted by atomic mass is 10.2. The van der Waals surface area contributed by atoms with E-state index in [1.54, 1.807) is 11.3 Å². The second kappa shape index (κ2) is 8.11. The number of anilines is 1. The molecule has 0 saturated carbocycles. The third-order valence-corrected chi connectivity index (χ3v) is 5.76. The summed E-state index contributed by atoms with van der Waals surface area (Å²) in [5.41, 5.74) is 2.91. The third kappa shape index (κ3) is 4.15. The van der Waals surface area contributed by atoms with Crippen molar-refractivity contribution in [2.24, 2.45) is 0 Å². The zero-order valence-electron chi connectivity index (χ0n) is 14.7. The van der Waals surface area contributed by atoms with Gasteiger partial charge in [0.1, 0.15) is 12.6 Å². The number of hydrogen-bond acceptors (Lipinski definition) is 5. The van der Waals surface area contributed by atoms with Crippen LogP contribution in [-0.2, 0) is 16.1 Å². The molecule has 0 amide bonds. The lowest BCUT2D eigenvalue weighted by molar-refractivity contribution is -0.146. The normalized spacial score (nSPS) is 16.5. The molecule has 2 aromatic carbocycles. The minimum Gasteiger partial charge on any atom is -0.459 e. The number of hydrogen-bond donors (Lipinski definition) is 0. The molecule has 4 nitrogen and oxygen atoms in total. The molecule has 0 aliphatic carbocycles. The second-order valence-electron chi connectivity index (χ2n) is 6.47. The number of benzene rings is 2. The van der Waals surface area contributed by atoms with Gasteiger partial charge in [0.25, 0.3) is 0 Å². The number of carbonyl (C=O) groups excluding carboxylic acids is 1. The maximum atomic E-state index is 12.6. The van der Waals surface area contributed by atoms with E-state index in [0.29, 0.717) is 11.6 Å². The molecule has 0 bridgehead atoms. The van der Waals surface area contributed by atoms with E-state index in [1.165, 1.54) is 0 Å². The van der Waals surface area contributed by atoms with Crippen molar-refractivity contribution < 1.29 is 9.53 Å². The third-order valence-electron chi connectivity index (χ3n) is 4.63. The summed E-state index contributed by atoms with van der Waals surface area (Å²) in [7, 11) is 0. The van der Waals surface area contributed by atoms with Crippen LogP contribution in [0.15, 0.2) is 60.0 Å². The predicted molar refractivity (Wildman–Crippen MR) is 109 cm³/mol. The standard InChI is InChI=1S/C21H19ClN2O2S/c22-17-10-8-16(9-11-17)18-14-27-21(23-18)24-12-4-7-19(24)20(25)26-13-15-5-2-1-3-6-15/h1-3,5-6,8-11,14,19H,4,7,12-13H2/t19-/m1/s1. The van der Waals surface area contributed by atoms with Crippen molar-refractivity contribution in [1.29, 1.82) is 0 Å². The molecule has 1 atom stereocenters. The van der Waals surface area contributed by atoms with Gasteiger partial charge in [-0.1, -0.05) is 54.1 Å². The minimum atomic E-state index is -0.266. The van der Waals surface area contributed by atoms with Gasteiger partial charge >= 0.3 is 5.97 Å². The zero-order valence-corrected chi connectivity index (χ0v) is 16.2. The summed E-state index contributed by atoms with van der Waals surface area (Å²) in [4.78, 5) is 19.4. The fraction of sp³-hybridized carbons (Fsp3) is 0.238. The van der Waals surface area contributed by atoms with Gasteiger partial charge in [-0.2, -0.15) is 0 Å². The van der Waals surface area contributed by atoms with Crippen LogP contribution in [-0.4, -0.2) is 23.5 Å². The number of rotatable bonds is 5. The summed E-state index contributed by atoms with van der Waals surface area (Å²) in [6.45, 7) is 1.12. The van der Waals surface area contributed by atoms with E-state index < -0.39 is 0 Å². The van der Waals surface area contributed by atoms with Crippen LogP contribution in [0.25, 0.3) is 11.3 Å². The van der Waals surface area contributed by atoms with Gasteiger partial charge < -0.3 is 9.64 Å². The van der Waals surface area contributed by atoms with Crippen LogP contribution in [0.1, 0.15) is 18.4 Å². The van der Waals surface area contributed by atoms with Crippen molar-refractivity contribution in [2.75, 3.05) is 11.4 Å². The van der Waals surface area contributed by atoms with Crippen molar-refractivity contribution in [3.8, 4) is 11.3 Å². The first kappa shape index (κ1) is 18.0. The Hall–Kier alpha value is -2.37. The van der Waals surface area contributed by atoms with Gasteiger partial charge in [0.05, 0.1) is 5.69 Å². The van der Waals surface area contributed by atoms with Gasteiger partial charge in [-0.25, -0.2) is 9.78 Å². The SMILES string of the molecule is O=C(OCc1ccccc1)[C@H]1CCCN1c1nc(-c2ccc(Cl)cc2)cs1. The Labute approximate surface area is 167 Å². The first-order chi connectivity index (χ1) is 13.2. The minimum absolute atomic E-state index is 0.181. The molecule has 4 rings (SSSR count). The molecule has 138 valence electrons. The summed E-state index contributed by atoms with van der Waals surface area (Å²) in [6.07, 6.45) is 1.75. The fourth-order valence-electron chi connectivity index (χ4n) is 3.22. The average molecular weight is 399 g/mol. The van der Waals surface area contributed by atoms with E-state index in [1.807, 2.05) is 60.0 Å². The van der Waals surface area contributed by atoms with Gasteiger partial charge in [-0.05, 0) is 30.5 Å². The molecule has 1 aromatic heterocycles. The highest BCUT2D eigenvalue weighted by molar-refractivity contribution is 7.14. The number of aromatic nitrogens is 1. The summed E-state index contributed by atoms with van der Waals surface area (Å²) < 4.78 is 5.55. The molecule has 1 saturated heterocycles. The van der Waals surface area contributed by atoms with E-state index in [2.05, 4.69) is 4.90 Å². The molecule has 0 radical (unpaired) electrons. The maximum absolute atomic E-state index is 12.6.